The first-order valence-electron chi connectivity index (χ1n) is 13.2. The summed E-state index contributed by atoms with van der Waals surface area (Å²) in [6.07, 6.45) is 10.1. The lowest BCUT2D eigenvalue weighted by Gasteiger charge is -2.20. The van der Waals surface area contributed by atoms with Crippen LogP contribution >= 0.6 is 11.6 Å². The summed E-state index contributed by atoms with van der Waals surface area (Å²) in [6, 6.07) is 6.98. The number of carbonyl (C=O) groups is 2. The summed E-state index contributed by atoms with van der Waals surface area (Å²) in [7, 11) is 1.78. The van der Waals surface area contributed by atoms with Crippen LogP contribution in [0, 0.1) is 5.92 Å². The number of nitrogens with zero attached hydrogens (tertiary/aromatic N) is 6. The second kappa shape index (κ2) is 11.0. The number of rotatable bonds is 3. The summed E-state index contributed by atoms with van der Waals surface area (Å²) in [5, 5.41) is 17.1. The summed E-state index contributed by atoms with van der Waals surface area (Å²) < 4.78 is 1.60. The number of fused-ring (bicyclic) bond motifs is 6. The van der Waals surface area contributed by atoms with Gasteiger partial charge < -0.3 is 26.2 Å². The third-order valence-electron chi connectivity index (χ3n) is 7.17. The highest BCUT2D eigenvalue weighted by atomic mass is 35.5. The zero-order chi connectivity index (χ0) is 27.6. The lowest BCUT2D eigenvalue weighted by atomic mass is 9.94. The Labute approximate surface area is 235 Å². The van der Waals surface area contributed by atoms with Crippen LogP contribution in [0.2, 0.25) is 5.02 Å². The van der Waals surface area contributed by atoms with Gasteiger partial charge in [0.2, 0.25) is 5.95 Å². The molecule has 4 N–H and O–H groups in total. The van der Waals surface area contributed by atoms with Gasteiger partial charge in [-0.25, -0.2) is 9.78 Å². The standard InChI is InChI=1S/C27H29ClN10O2/c1-37-8-7-23(36-37)25(39)38-9-6-19(15-38)33-27(40)34-22-5-4-18-11-17(22)3-2-16-10-20(13-29-12-16)32-26-30-14-21(28)24(31-18)35-26/h4-5,7-8,11-14,16,19H,2-3,6,9-10,15H2,1H3,(H2,33,34,40)(H2,30,31,32,35)/t16?,19-/m0/s1. The van der Waals surface area contributed by atoms with Gasteiger partial charge in [0.1, 0.15) is 10.7 Å². The third kappa shape index (κ3) is 5.76. The van der Waals surface area contributed by atoms with Crippen LogP contribution in [-0.2, 0) is 13.5 Å². The number of nitrogens with one attached hydrogen (secondary N) is 4. The highest BCUT2D eigenvalue weighted by molar-refractivity contribution is 6.32. The monoisotopic (exact) mass is 560 g/mol. The maximum atomic E-state index is 13.0. The molecule has 2 aromatic heterocycles. The van der Waals surface area contributed by atoms with E-state index in [9.17, 15) is 9.59 Å². The first-order valence-corrected chi connectivity index (χ1v) is 13.6. The maximum Gasteiger partial charge on any atom is 0.319 e. The van der Waals surface area contributed by atoms with Gasteiger partial charge in [-0.1, -0.05) is 11.6 Å². The minimum Gasteiger partial charge on any atom is -0.339 e. The Morgan fingerprint density at radius 3 is 2.92 bits per heavy atom. The summed E-state index contributed by atoms with van der Waals surface area (Å²) in [5.74, 6) is 1.01. The fraction of sp³-hybridized carbons (Fsp3) is 0.333. The minimum atomic E-state index is -0.311. The number of anilines is 4. The molecule has 1 aromatic carbocycles. The molecule has 6 bridgehead atoms. The lowest BCUT2D eigenvalue weighted by Crippen LogP contribution is -2.40. The fourth-order valence-corrected chi connectivity index (χ4v) is 5.27. The zero-order valence-corrected chi connectivity index (χ0v) is 22.6. The Balaban J connectivity index is 1.16. The molecule has 1 unspecified atom stereocenters. The molecular weight excluding hydrogens is 532 g/mol. The molecule has 40 heavy (non-hydrogen) atoms. The Hall–Kier alpha value is -4.45. The predicted molar refractivity (Wildman–Crippen MR) is 153 cm³/mol. The zero-order valence-electron chi connectivity index (χ0n) is 21.9. The van der Waals surface area contributed by atoms with Crippen LogP contribution in [0.4, 0.5) is 27.9 Å². The second-order valence-corrected chi connectivity index (χ2v) is 10.6. The van der Waals surface area contributed by atoms with E-state index in [-0.39, 0.29) is 23.9 Å². The van der Waals surface area contributed by atoms with Crippen LogP contribution < -0.4 is 21.3 Å². The molecule has 3 aromatic rings. The molecule has 0 aliphatic carbocycles. The molecule has 0 spiro atoms. The van der Waals surface area contributed by atoms with Crippen LogP contribution in [0.25, 0.3) is 0 Å². The summed E-state index contributed by atoms with van der Waals surface area (Å²) in [5.41, 5.74) is 3.81. The quantitative estimate of drug-likeness (QED) is 0.380. The normalized spacial score (nSPS) is 19.8. The van der Waals surface area contributed by atoms with E-state index in [1.54, 1.807) is 41.3 Å². The number of aryl methyl sites for hydroxylation is 2. The molecule has 206 valence electrons. The highest BCUT2D eigenvalue weighted by Crippen LogP contribution is 2.30. The SMILES string of the molecule is Cn1ccc(C(=O)N2CC[C@H](NC(=O)Nc3ccc4cc3CCC3C=NC=C(C3)Nc3ncc(Cl)c(n3)N4)C2)n1. The van der Waals surface area contributed by atoms with E-state index in [1.807, 2.05) is 24.4 Å². The smallest absolute Gasteiger partial charge is 0.319 e. The van der Waals surface area contributed by atoms with Crippen molar-refractivity contribution < 1.29 is 9.59 Å². The molecule has 0 radical (unpaired) electrons. The first-order chi connectivity index (χ1) is 19.4. The molecular formula is C27H29ClN10O2. The van der Waals surface area contributed by atoms with Crippen molar-refractivity contribution in [1.82, 2.24) is 30.0 Å². The van der Waals surface area contributed by atoms with Crippen LogP contribution in [0.1, 0.15) is 35.3 Å². The Bertz CT molecular complexity index is 1520. The Morgan fingerprint density at radius 1 is 1.18 bits per heavy atom. The van der Waals surface area contributed by atoms with Gasteiger partial charge in [-0.05, 0) is 55.5 Å². The molecule has 2 atom stereocenters. The number of carbonyl (C=O) groups excluding carboxylic acids is 2. The molecule has 0 saturated carbocycles. The largest absolute Gasteiger partial charge is 0.339 e. The molecule has 13 heteroatoms. The second-order valence-electron chi connectivity index (χ2n) is 10.2. The van der Waals surface area contributed by atoms with Gasteiger partial charge >= 0.3 is 6.03 Å². The number of benzene rings is 1. The van der Waals surface area contributed by atoms with Crippen molar-refractivity contribution in [3.63, 3.8) is 0 Å². The number of urea groups is 1. The van der Waals surface area contributed by atoms with Crippen molar-refractivity contribution in [3.05, 3.63) is 64.8 Å². The number of allylic oxidation sites excluding steroid dienone is 1. The van der Waals surface area contributed by atoms with Crippen molar-refractivity contribution in [2.75, 3.05) is 29.0 Å². The van der Waals surface area contributed by atoms with Gasteiger partial charge in [-0.2, -0.15) is 10.1 Å². The molecule has 5 heterocycles. The Kier molecular flexibility index (Phi) is 7.08. The first kappa shape index (κ1) is 25.8. The third-order valence-corrected chi connectivity index (χ3v) is 7.45. The van der Waals surface area contributed by atoms with Crippen molar-refractivity contribution in [3.8, 4) is 0 Å². The maximum absolute atomic E-state index is 13.0. The molecule has 3 amide bonds. The molecule has 12 nitrogen and oxygen atoms in total. The van der Waals surface area contributed by atoms with E-state index < -0.39 is 0 Å². The predicted octanol–water partition coefficient (Wildman–Crippen LogP) is 3.93. The minimum absolute atomic E-state index is 0.130. The number of likely N-dealkylation sites (tertiary alicyclic amines) is 1. The molecule has 3 aliphatic rings. The molecule has 1 fully saturated rings. The number of hydrogen-bond donors (Lipinski definition) is 4. The summed E-state index contributed by atoms with van der Waals surface area (Å²) in [6.45, 7) is 0.999. The number of aliphatic imine (C=N–C) groups is 1. The lowest BCUT2D eigenvalue weighted by molar-refractivity contribution is 0.0783. The van der Waals surface area contributed by atoms with Crippen molar-refractivity contribution >= 4 is 52.9 Å². The number of halogens is 1. The van der Waals surface area contributed by atoms with E-state index in [1.165, 1.54) is 0 Å². The van der Waals surface area contributed by atoms with Crippen LogP contribution in [0.15, 0.2) is 53.5 Å². The van der Waals surface area contributed by atoms with Crippen LogP contribution in [0.5, 0.6) is 0 Å². The number of hydrogen-bond acceptors (Lipinski definition) is 8. The van der Waals surface area contributed by atoms with E-state index >= 15 is 0 Å². The van der Waals surface area contributed by atoms with Gasteiger partial charge in [0.05, 0.1) is 6.20 Å². The van der Waals surface area contributed by atoms with Crippen LogP contribution in [0.3, 0.4) is 0 Å². The van der Waals surface area contributed by atoms with Crippen LogP contribution in [-0.4, -0.2) is 61.9 Å². The van der Waals surface area contributed by atoms with Gasteiger partial charge in [-0.15, -0.1) is 0 Å². The van der Waals surface area contributed by atoms with Gasteiger partial charge in [0.15, 0.2) is 5.82 Å². The van der Waals surface area contributed by atoms with Crippen molar-refractivity contribution in [2.45, 2.75) is 31.7 Å². The van der Waals surface area contributed by atoms with E-state index in [0.29, 0.717) is 47.7 Å². The fourth-order valence-electron chi connectivity index (χ4n) is 5.14. The van der Waals surface area contributed by atoms with E-state index in [2.05, 4.69) is 41.3 Å². The summed E-state index contributed by atoms with van der Waals surface area (Å²) in [4.78, 5) is 40.7. The van der Waals surface area contributed by atoms with E-state index in [0.717, 1.165) is 36.2 Å². The summed E-state index contributed by atoms with van der Waals surface area (Å²) >= 11 is 6.37. The van der Waals surface area contributed by atoms with Crippen molar-refractivity contribution in [1.29, 1.82) is 0 Å². The van der Waals surface area contributed by atoms with E-state index in [4.69, 9.17) is 11.6 Å². The highest BCUT2D eigenvalue weighted by Gasteiger charge is 2.29. The number of amides is 3. The molecule has 1 saturated heterocycles. The average molecular weight is 561 g/mol. The molecule has 6 rings (SSSR count). The average Bonchev–Trinajstić information content (AvgIpc) is 3.59. The van der Waals surface area contributed by atoms with Gasteiger partial charge in [0, 0.05) is 67.8 Å². The number of aromatic nitrogens is 4. The van der Waals surface area contributed by atoms with Crippen molar-refractivity contribution in [2.24, 2.45) is 18.0 Å². The topological polar surface area (TPSA) is 141 Å². The van der Waals surface area contributed by atoms with Gasteiger partial charge in [0.25, 0.3) is 5.91 Å². The molecule has 3 aliphatic heterocycles. The Morgan fingerprint density at radius 2 is 2.08 bits per heavy atom. The van der Waals surface area contributed by atoms with Gasteiger partial charge in [-0.3, -0.25) is 14.5 Å².